The maximum Gasteiger partial charge on any atom is 0.225 e. The molecule has 0 heterocycles. The van der Waals surface area contributed by atoms with Gasteiger partial charge in [-0.1, -0.05) is 25.0 Å². The Morgan fingerprint density at radius 2 is 2.05 bits per heavy atom. The van der Waals surface area contributed by atoms with Crippen LogP contribution in [-0.2, 0) is 4.79 Å². The molecule has 1 saturated carbocycles. The van der Waals surface area contributed by atoms with E-state index in [1.807, 2.05) is 6.07 Å². The van der Waals surface area contributed by atoms with Crippen LogP contribution < -0.4 is 10.6 Å². The van der Waals surface area contributed by atoms with Crippen molar-refractivity contribution in [2.75, 3.05) is 11.9 Å². The van der Waals surface area contributed by atoms with Crippen LogP contribution in [0.5, 0.6) is 0 Å². The lowest BCUT2D eigenvalue weighted by atomic mass is 10.2. The van der Waals surface area contributed by atoms with Crippen molar-refractivity contribution < 1.29 is 4.79 Å². The number of nitrogens with zero attached hydrogens (tertiary/aromatic N) is 1. The topological polar surface area (TPSA) is 64.9 Å². The van der Waals surface area contributed by atoms with Gasteiger partial charge in [-0.25, -0.2) is 0 Å². The van der Waals surface area contributed by atoms with Crippen molar-refractivity contribution in [3.05, 3.63) is 29.8 Å². The number of benzene rings is 1. The molecule has 1 aliphatic rings. The van der Waals surface area contributed by atoms with E-state index in [-0.39, 0.29) is 5.91 Å². The molecule has 2 N–H and O–H groups in total. The van der Waals surface area contributed by atoms with Gasteiger partial charge >= 0.3 is 0 Å². The van der Waals surface area contributed by atoms with Gasteiger partial charge in [0.25, 0.3) is 0 Å². The van der Waals surface area contributed by atoms with Crippen molar-refractivity contribution in [1.82, 2.24) is 5.32 Å². The quantitative estimate of drug-likeness (QED) is 0.851. The Balaban J connectivity index is 1.76. The van der Waals surface area contributed by atoms with Crippen molar-refractivity contribution in [2.45, 2.75) is 38.1 Å². The van der Waals surface area contributed by atoms with Crippen LogP contribution in [0.1, 0.15) is 37.7 Å². The highest BCUT2D eigenvalue weighted by atomic mass is 16.1. The molecule has 1 amide bonds. The first-order valence-corrected chi connectivity index (χ1v) is 6.82. The van der Waals surface area contributed by atoms with Gasteiger partial charge in [0.2, 0.25) is 5.91 Å². The molecule has 0 atom stereocenters. The van der Waals surface area contributed by atoms with Gasteiger partial charge in [0.05, 0.1) is 11.3 Å². The minimum absolute atomic E-state index is 0.0480. The SMILES string of the molecule is N#Cc1ccccc1NC(=O)CCNC1CCCC1. The molecule has 1 aliphatic carbocycles. The average molecular weight is 257 g/mol. The van der Waals surface area contributed by atoms with Gasteiger partial charge in [-0.3, -0.25) is 4.79 Å². The molecule has 0 radical (unpaired) electrons. The van der Waals surface area contributed by atoms with E-state index in [1.54, 1.807) is 18.2 Å². The number of nitriles is 1. The summed E-state index contributed by atoms with van der Waals surface area (Å²) in [5.41, 5.74) is 1.09. The Kier molecular flexibility index (Phi) is 4.93. The molecular formula is C15H19N3O. The van der Waals surface area contributed by atoms with Crippen LogP contribution in [0.3, 0.4) is 0 Å². The molecule has 4 heteroatoms. The molecular weight excluding hydrogens is 238 g/mol. The second-order valence-electron chi connectivity index (χ2n) is 4.89. The molecule has 1 fully saturated rings. The minimum Gasteiger partial charge on any atom is -0.325 e. The second-order valence-corrected chi connectivity index (χ2v) is 4.89. The highest BCUT2D eigenvalue weighted by Gasteiger charge is 2.14. The molecule has 0 saturated heterocycles. The summed E-state index contributed by atoms with van der Waals surface area (Å²) < 4.78 is 0. The lowest BCUT2D eigenvalue weighted by Gasteiger charge is -2.11. The number of hydrogen-bond acceptors (Lipinski definition) is 3. The fourth-order valence-electron chi connectivity index (χ4n) is 2.42. The van der Waals surface area contributed by atoms with Crippen molar-refractivity contribution in [1.29, 1.82) is 5.26 Å². The molecule has 0 bridgehead atoms. The van der Waals surface area contributed by atoms with Gasteiger partial charge in [0.1, 0.15) is 6.07 Å². The Bertz CT molecular complexity index is 473. The number of amides is 1. The lowest BCUT2D eigenvalue weighted by Crippen LogP contribution is -2.29. The maximum atomic E-state index is 11.8. The monoisotopic (exact) mass is 257 g/mol. The van der Waals surface area contributed by atoms with E-state index < -0.39 is 0 Å². The minimum atomic E-state index is -0.0480. The number of carbonyl (C=O) groups is 1. The summed E-state index contributed by atoms with van der Waals surface area (Å²) in [7, 11) is 0. The first-order valence-electron chi connectivity index (χ1n) is 6.82. The van der Waals surface area contributed by atoms with Crippen molar-refractivity contribution in [3.63, 3.8) is 0 Å². The van der Waals surface area contributed by atoms with Gasteiger partial charge in [-0.05, 0) is 25.0 Å². The second kappa shape index (κ2) is 6.91. The van der Waals surface area contributed by atoms with Gasteiger partial charge in [0, 0.05) is 19.0 Å². The molecule has 4 nitrogen and oxygen atoms in total. The van der Waals surface area contributed by atoms with E-state index in [9.17, 15) is 4.79 Å². The Hall–Kier alpha value is -1.86. The Morgan fingerprint density at radius 3 is 2.79 bits per heavy atom. The van der Waals surface area contributed by atoms with E-state index in [1.165, 1.54) is 25.7 Å². The first kappa shape index (κ1) is 13.6. The van der Waals surface area contributed by atoms with Crippen LogP contribution in [-0.4, -0.2) is 18.5 Å². The number of nitrogens with one attached hydrogen (secondary N) is 2. The predicted molar refractivity (Wildman–Crippen MR) is 74.7 cm³/mol. The highest BCUT2D eigenvalue weighted by molar-refractivity contribution is 5.92. The van der Waals surface area contributed by atoms with Gasteiger partial charge in [0.15, 0.2) is 0 Å². The highest BCUT2D eigenvalue weighted by Crippen LogP contribution is 2.17. The molecule has 1 aromatic carbocycles. The van der Waals surface area contributed by atoms with Gasteiger partial charge in [-0.15, -0.1) is 0 Å². The van der Waals surface area contributed by atoms with E-state index in [4.69, 9.17) is 5.26 Å². The van der Waals surface area contributed by atoms with E-state index in [2.05, 4.69) is 16.7 Å². The van der Waals surface area contributed by atoms with Crippen molar-refractivity contribution >= 4 is 11.6 Å². The molecule has 2 rings (SSSR count). The van der Waals surface area contributed by atoms with Crippen molar-refractivity contribution in [3.8, 4) is 6.07 Å². The molecule has 19 heavy (non-hydrogen) atoms. The zero-order valence-electron chi connectivity index (χ0n) is 11.0. The largest absolute Gasteiger partial charge is 0.325 e. The third kappa shape index (κ3) is 4.08. The number of rotatable bonds is 5. The van der Waals surface area contributed by atoms with Crippen LogP contribution in [0.2, 0.25) is 0 Å². The van der Waals surface area contributed by atoms with Crippen LogP contribution in [0.25, 0.3) is 0 Å². The maximum absolute atomic E-state index is 11.8. The smallest absolute Gasteiger partial charge is 0.225 e. The fraction of sp³-hybridized carbons (Fsp3) is 0.467. The average Bonchev–Trinajstić information content (AvgIpc) is 2.92. The van der Waals surface area contributed by atoms with E-state index >= 15 is 0 Å². The summed E-state index contributed by atoms with van der Waals surface area (Å²) in [6, 6.07) is 9.71. The number of para-hydroxylation sites is 1. The molecule has 100 valence electrons. The van der Waals surface area contributed by atoms with E-state index in [0.717, 1.165) is 0 Å². The Labute approximate surface area is 113 Å². The molecule has 0 unspecified atom stereocenters. The van der Waals surface area contributed by atoms with Crippen LogP contribution >= 0.6 is 0 Å². The van der Waals surface area contributed by atoms with Crippen LogP contribution in [0, 0.1) is 11.3 Å². The normalized spacial score (nSPS) is 15.1. The summed E-state index contributed by atoms with van der Waals surface area (Å²) in [4.78, 5) is 11.8. The number of anilines is 1. The summed E-state index contributed by atoms with van der Waals surface area (Å²) >= 11 is 0. The summed E-state index contributed by atoms with van der Waals surface area (Å²) in [6.07, 6.45) is 5.47. The van der Waals surface area contributed by atoms with Gasteiger partial charge < -0.3 is 10.6 Å². The van der Waals surface area contributed by atoms with Crippen LogP contribution in [0.4, 0.5) is 5.69 Å². The summed E-state index contributed by atoms with van der Waals surface area (Å²) in [6.45, 7) is 0.700. The Morgan fingerprint density at radius 1 is 1.32 bits per heavy atom. The van der Waals surface area contributed by atoms with Crippen LogP contribution in [0.15, 0.2) is 24.3 Å². The molecule has 0 aliphatic heterocycles. The standard InChI is InChI=1S/C15H19N3O/c16-11-12-5-1-4-8-14(12)18-15(19)9-10-17-13-6-2-3-7-13/h1,4-5,8,13,17H,2-3,6-7,9-10H2,(H,18,19). The summed E-state index contributed by atoms with van der Waals surface area (Å²) in [5, 5.41) is 15.1. The zero-order valence-corrected chi connectivity index (χ0v) is 11.0. The number of carbonyl (C=O) groups excluding carboxylic acids is 1. The third-order valence-electron chi connectivity index (χ3n) is 3.46. The zero-order chi connectivity index (χ0) is 13.5. The predicted octanol–water partition coefficient (Wildman–Crippen LogP) is 2.42. The van der Waals surface area contributed by atoms with Gasteiger partial charge in [-0.2, -0.15) is 5.26 Å². The molecule has 0 aromatic heterocycles. The van der Waals surface area contributed by atoms with Crippen molar-refractivity contribution in [2.24, 2.45) is 0 Å². The third-order valence-corrected chi connectivity index (χ3v) is 3.46. The first-order chi connectivity index (χ1) is 9.29. The molecule has 0 spiro atoms. The number of hydrogen-bond donors (Lipinski definition) is 2. The fourth-order valence-corrected chi connectivity index (χ4v) is 2.42. The van der Waals surface area contributed by atoms with E-state index in [0.29, 0.717) is 30.3 Å². The molecule has 1 aromatic rings. The lowest BCUT2D eigenvalue weighted by molar-refractivity contribution is -0.116. The summed E-state index contributed by atoms with van der Waals surface area (Å²) in [5.74, 6) is -0.0480.